The van der Waals surface area contributed by atoms with Crippen molar-refractivity contribution in [1.82, 2.24) is 5.32 Å². The van der Waals surface area contributed by atoms with Crippen molar-refractivity contribution in [3.05, 3.63) is 34.6 Å². The van der Waals surface area contributed by atoms with Crippen LogP contribution in [0.5, 0.6) is 0 Å². The van der Waals surface area contributed by atoms with Crippen LogP contribution in [0.4, 0.5) is 4.39 Å². The molecule has 0 atom stereocenters. The molecule has 0 saturated carbocycles. The van der Waals surface area contributed by atoms with Crippen LogP contribution in [0, 0.1) is 17.7 Å². The molecule has 0 aliphatic rings. The first-order valence-corrected chi connectivity index (χ1v) is 5.16. The van der Waals surface area contributed by atoms with E-state index < -0.39 is 5.82 Å². The van der Waals surface area contributed by atoms with E-state index in [9.17, 15) is 9.18 Å². The standard InChI is InChI=1S/C12H11ClFNO/c1-2-3-4-7-15-12(16)9-5-6-10(13)11(14)8-9/h5-6,8H,4,7H2,1H3,(H,15,16). The third-order valence-corrected chi connectivity index (χ3v) is 2.20. The molecule has 1 rings (SSSR count). The van der Waals surface area contributed by atoms with Gasteiger partial charge in [0.2, 0.25) is 0 Å². The van der Waals surface area contributed by atoms with Crippen LogP contribution in [0.25, 0.3) is 0 Å². The van der Waals surface area contributed by atoms with Gasteiger partial charge in [-0.15, -0.1) is 11.8 Å². The molecule has 16 heavy (non-hydrogen) atoms. The number of halogens is 2. The molecule has 84 valence electrons. The summed E-state index contributed by atoms with van der Waals surface area (Å²) in [6, 6.07) is 3.95. The largest absolute Gasteiger partial charge is 0.351 e. The smallest absolute Gasteiger partial charge is 0.251 e. The number of nitrogens with one attached hydrogen (secondary N) is 1. The quantitative estimate of drug-likeness (QED) is 0.638. The van der Waals surface area contributed by atoms with Crippen LogP contribution in [-0.2, 0) is 0 Å². The van der Waals surface area contributed by atoms with Crippen molar-refractivity contribution in [2.75, 3.05) is 6.54 Å². The van der Waals surface area contributed by atoms with E-state index in [1.165, 1.54) is 12.1 Å². The van der Waals surface area contributed by atoms with Gasteiger partial charge in [-0.3, -0.25) is 4.79 Å². The van der Waals surface area contributed by atoms with Gasteiger partial charge in [0, 0.05) is 18.5 Å². The minimum atomic E-state index is -0.595. The van der Waals surface area contributed by atoms with E-state index in [1.807, 2.05) is 0 Å². The summed E-state index contributed by atoms with van der Waals surface area (Å²) in [5.74, 6) is 4.61. The van der Waals surface area contributed by atoms with Gasteiger partial charge in [-0.1, -0.05) is 11.6 Å². The van der Waals surface area contributed by atoms with Crippen molar-refractivity contribution in [2.45, 2.75) is 13.3 Å². The molecule has 0 aliphatic heterocycles. The summed E-state index contributed by atoms with van der Waals surface area (Å²) in [5, 5.41) is 2.64. The number of carbonyl (C=O) groups excluding carboxylic acids is 1. The fourth-order valence-corrected chi connectivity index (χ4v) is 1.22. The topological polar surface area (TPSA) is 29.1 Å². The van der Waals surface area contributed by atoms with Crippen LogP contribution in [-0.4, -0.2) is 12.5 Å². The summed E-state index contributed by atoms with van der Waals surface area (Å²) in [4.78, 5) is 11.5. The van der Waals surface area contributed by atoms with Crippen molar-refractivity contribution in [1.29, 1.82) is 0 Å². The maximum atomic E-state index is 13.0. The molecule has 0 unspecified atom stereocenters. The first kappa shape index (κ1) is 12.5. The number of carbonyl (C=O) groups is 1. The van der Waals surface area contributed by atoms with Crippen LogP contribution in [0.2, 0.25) is 5.02 Å². The number of hydrogen-bond acceptors (Lipinski definition) is 1. The Labute approximate surface area is 98.8 Å². The van der Waals surface area contributed by atoms with Crippen LogP contribution in [0.15, 0.2) is 18.2 Å². The average molecular weight is 240 g/mol. The molecular weight excluding hydrogens is 229 g/mol. The second-order valence-corrected chi connectivity index (χ2v) is 3.47. The fraction of sp³-hybridized carbons (Fsp3) is 0.250. The first-order valence-electron chi connectivity index (χ1n) is 4.78. The highest BCUT2D eigenvalue weighted by atomic mass is 35.5. The van der Waals surface area contributed by atoms with E-state index in [2.05, 4.69) is 17.2 Å². The van der Waals surface area contributed by atoms with Crippen molar-refractivity contribution in [2.24, 2.45) is 0 Å². The van der Waals surface area contributed by atoms with Gasteiger partial charge >= 0.3 is 0 Å². The normalized spacial score (nSPS) is 9.19. The minimum Gasteiger partial charge on any atom is -0.351 e. The molecule has 0 saturated heterocycles. The Morgan fingerprint density at radius 1 is 1.56 bits per heavy atom. The highest BCUT2D eigenvalue weighted by Gasteiger charge is 2.07. The van der Waals surface area contributed by atoms with Crippen LogP contribution in [0.3, 0.4) is 0 Å². The summed E-state index contributed by atoms with van der Waals surface area (Å²) in [5.41, 5.74) is 0.256. The van der Waals surface area contributed by atoms with Gasteiger partial charge in [0.1, 0.15) is 5.82 Å². The number of amides is 1. The van der Waals surface area contributed by atoms with E-state index in [0.717, 1.165) is 6.07 Å². The molecule has 0 aromatic heterocycles. The molecule has 0 heterocycles. The molecule has 0 aliphatic carbocycles. The fourth-order valence-electron chi connectivity index (χ4n) is 1.10. The second kappa shape index (κ2) is 6.14. The third kappa shape index (κ3) is 3.56. The summed E-state index contributed by atoms with van der Waals surface area (Å²) >= 11 is 5.51. The van der Waals surface area contributed by atoms with Gasteiger partial charge < -0.3 is 5.32 Å². The van der Waals surface area contributed by atoms with Crippen molar-refractivity contribution in [3.63, 3.8) is 0 Å². The number of rotatable bonds is 3. The first-order chi connectivity index (χ1) is 7.65. The molecule has 0 radical (unpaired) electrons. The summed E-state index contributed by atoms with van der Waals surface area (Å²) in [6.45, 7) is 2.18. The Kier molecular flexibility index (Phi) is 4.81. The van der Waals surface area contributed by atoms with Gasteiger partial charge in [-0.05, 0) is 25.1 Å². The van der Waals surface area contributed by atoms with Gasteiger partial charge in [-0.2, -0.15) is 0 Å². The zero-order chi connectivity index (χ0) is 12.0. The summed E-state index contributed by atoms with van der Waals surface area (Å²) in [7, 11) is 0. The molecule has 1 aromatic rings. The lowest BCUT2D eigenvalue weighted by Gasteiger charge is -2.03. The summed E-state index contributed by atoms with van der Waals surface area (Å²) < 4.78 is 13.0. The molecule has 1 aromatic carbocycles. The molecule has 1 amide bonds. The van der Waals surface area contributed by atoms with E-state index >= 15 is 0 Å². The maximum Gasteiger partial charge on any atom is 0.251 e. The van der Waals surface area contributed by atoms with Gasteiger partial charge in [0.05, 0.1) is 5.02 Å². The Morgan fingerprint density at radius 3 is 2.94 bits per heavy atom. The zero-order valence-corrected chi connectivity index (χ0v) is 9.57. The molecule has 1 N–H and O–H groups in total. The van der Waals surface area contributed by atoms with Gasteiger partial charge in [-0.25, -0.2) is 4.39 Å². The Morgan fingerprint density at radius 2 is 2.31 bits per heavy atom. The second-order valence-electron chi connectivity index (χ2n) is 3.06. The van der Waals surface area contributed by atoms with Crippen LogP contribution < -0.4 is 5.32 Å². The van der Waals surface area contributed by atoms with Crippen LogP contribution in [0.1, 0.15) is 23.7 Å². The lowest BCUT2D eigenvalue weighted by atomic mass is 10.2. The number of benzene rings is 1. The molecule has 0 bridgehead atoms. The Hall–Kier alpha value is -1.53. The van der Waals surface area contributed by atoms with Crippen molar-refractivity contribution >= 4 is 17.5 Å². The molecule has 0 spiro atoms. The highest BCUT2D eigenvalue weighted by Crippen LogP contribution is 2.15. The predicted molar refractivity (Wildman–Crippen MR) is 61.8 cm³/mol. The Bertz CT molecular complexity index is 448. The molecule has 2 nitrogen and oxygen atoms in total. The summed E-state index contributed by atoms with van der Waals surface area (Å²) in [6.07, 6.45) is 0.582. The molecular formula is C12H11ClFNO. The van der Waals surface area contributed by atoms with Crippen LogP contribution >= 0.6 is 11.6 Å². The van der Waals surface area contributed by atoms with E-state index in [0.29, 0.717) is 13.0 Å². The average Bonchev–Trinajstić information content (AvgIpc) is 2.28. The van der Waals surface area contributed by atoms with E-state index in [4.69, 9.17) is 11.6 Å². The van der Waals surface area contributed by atoms with Gasteiger partial charge in [0.15, 0.2) is 0 Å². The van der Waals surface area contributed by atoms with Crippen molar-refractivity contribution < 1.29 is 9.18 Å². The SMILES string of the molecule is CC#CCCNC(=O)c1ccc(Cl)c(F)c1. The maximum absolute atomic E-state index is 13.0. The minimum absolute atomic E-state index is 0.00778. The Balaban J connectivity index is 2.58. The van der Waals surface area contributed by atoms with E-state index in [-0.39, 0.29) is 16.5 Å². The number of hydrogen-bond donors (Lipinski definition) is 1. The highest BCUT2D eigenvalue weighted by molar-refractivity contribution is 6.30. The monoisotopic (exact) mass is 239 g/mol. The lowest BCUT2D eigenvalue weighted by molar-refractivity contribution is 0.0954. The lowest BCUT2D eigenvalue weighted by Crippen LogP contribution is -2.24. The zero-order valence-electron chi connectivity index (χ0n) is 8.81. The third-order valence-electron chi connectivity index (χ3n) is 1.89. The molecule has 0 fully saturated rings. The van der Waals surface area contributed by atoms with Crippen molar-refractivity contribution in [3.8, 4) is 11.8 Å². The van der Waals surface area contributed by atoms with E-state index in [1.54, 1.807) is 6.92 Å². The molecule has 4 heteroatoms. The van der Waals surface area contributed by atoms with Gasteiger partial charge in [0.25, 0.3) is 5.91 Å². The predicted octanol–water partition coefficient (Wildman–Crippen LogP) is 2.62.